The number of nitrogens with one attached hydrogen (secondary N) is 1. The number of aromatic nitrogens is 2. The number of rotatable bonds is 8. The lowest BCUT2D eigenvalue weighted by Gasteiger charge is -2.20. The highest BCUT2D eigenvalue weighted by molar-refractivity contribution is 9.10. The largest absolute Gasteiger partial charge is 0.383 e. The Morgan fingerprint density at radius 3 is 2.90 bits per heavy atom. The third-order valence-corrected chi connectivity index (χ3v) is 4.97. The van der Waals surface area contributed by atoms with Crippen LogP contribution < -0.4 is 5.32 Å². The predicted octanol–water partition coefficient (Wildman–Crippen LogP) is 3.52. The number of nitrogens with zero attached hydrogens (tertiary/aromatic N) is 2. The van der Waals surface area contributed by atoms with E-state index in [1.165, 1.54) is 44.2 Å². The molecule has 2 rings (SSSR count). The second-order valence-electron chi connectivity index (χ2n) is 5.66. The van der Waals surface area contributed by atoms with Crippen molar-refractivity contribution < 1.29 is 4.74 Å². The highest BCUT2D eigenvalue weighted by Crippen LogP contribution is 2.33. The summed E-state index contributed by atoms with van der Waals surface area (Å²) in [4.78, 5) is 0. The van der Waals surface area contributed by atoms with Crippen molar-refractivity contribution >= 4 is 15.9 Å². The van der Waals surface area contributed by atoms with Gasteiger partial charge in [0.1, 0.15) is 0 Å². The molecule has 1 saturated carbocycles. The van der Waals surface area contributed by atoms with Crippen LogP contribution in [0, 0.1) is 5.92 Å². The van der Waals surface area contributed by atoms with Crippen molar-refractivity contribution in [1.29, 1.82) is 0 Å². The van der Waals surface area contributed by atoms with Crippen LogP contribution in [0.4, 0.5) is 0 Å². The summed E-state index contributed by atoms with van der Waals surface area (Å²) in [7, 11) is 3.77. The summed E-state index contributed by atoms with van der Waals surface area (Å²) in [5, 5.41) is 7.91. The molecule has 1 aliphatic carbocycles. The lowest BCUT2D eigenvalue weighted by molar-refractivity contribution is 0.181. The smallest absolute Gasteiger partial charge is 0.0696 e. The van der Waals surface area contributed by atoms with Gasteiger partial charge in [-0.15, -0.1) is 0 Å². The Bertz CT molecular complexity index is 402. The topological polar surface area (TPSA) is 39.1 Å². The molecule has 1 aromatic heterocycles. The summed E-state index contributed by atoms with van der Waals surface area (Å²) in [6, 6.07) is 0.365. The Morgan fingerprint density at radius 1 is 1.50 bits per heavy atom. The van der Waals surface area contributed by atoms with Crippen LogP contribution in [-0.2, 0) is 11.3 Å². The van der Waals surface area contributed by atoms with Crippen LogP contribution in [-0.4, -0.2) is 30.5 Å². The molecule has 1 aromatic rings. The van der Waals surface area contributed by atoms with E-state index in [0.717, 1.165) is 16.9 Å². The first-order valence-electron chi connectivity index (χ1n) is 7.63. The van der Waals surface area contributed by atoms with Crippen molar-refractivity contribution in [2.45, 2.75) is 51.1 Å². The van der Waals surface area contributed by atoms with Gasteiger partial charge in [-0.05, 0) is 41.7 Å². The zero-order valence-electron chi connectivity index (χ0n) is 12.6. The van der Waals surface area contributed by atoms with Gasteiger partial charge >= 0.3 is 0 Å². The normalized spacial score (nSPS) is 17.8. The van der Waals surface area contributed by atoms with Gasteiger partial charge in [0, 0.05) is 7.11 Å². The predicted molar refractivity (Wildman–Crippen MR) is 84.8 cm³/mol. The van der Waals surface area contributed by atoms with Crippen molar-refractivity contribution in [3.8, 4) is 0 Å². The Hall–Kier alpha value is -0.390. The molecule has 0 bridgehead atoms. The zero-order chi connectivity index (χ0) is 14.4. The molecule has 1 N–H and O–H groups in total. The second kappa shape index (κ2) is 8.15. The fraction of sp³-hybridized carbons (Fsp3) is 0.800. The Morgan fingerprint density at radius 2 is 2.25 bits per heavy atom. The molecule has 0 aliphatic heterocycles. The van der Waals surface area contributed by atoms with E-state index in [4.69, 9.17) is 4.74 Å². The third-order valence-electron chi connectivity index (χ3n) is 4.36. The van der Waals surface area contributed by atoms with Gasteiger partial charge in [0.05, 0.1) is 35.6 Å². The monoisotopic (exact) mass is 343 g/mol. The van der Waals surface area contributed by atoms with Crippen molar-refractivity contribution in [2.24, 2.45) is 5.92 Å². The van der Waals surface area contributed by atoms with Gasteiger partial charge in [0.25, 0.3) is 0 Å². The van der Waals surface area contributed by atoms with Crippen LogP contribution in [0.15, 0.2) is 10.7 Å². The van der Waals surface area contributed by atoms with Gasteiger partial charge in [-0.3, -0.25) is 4.68 Å². The highest BCUT2D eigenvalue weighted by Gasteiger charge is 2.21. The van der Waals surface area contributed by atoms with Crippen molar-refractivity contribution in [3.05, 3.63) is 16.4 Å². The standard InChI is InChI=1S/C15H26BrN3O/c1-17-14(8-7-12-5-3-4-6-12)15-13(16)11-18-19(15)9-10-20-2/h11-12,14,17H,3-10H2,1-2H3. The molecule has 20 heavy (non-hydrogen) atoms. The van der Waals surface area contributed by atoms with Gasteiger partial charge in [-0.1, -0.05) is 25.7 Å². The van der Waals surface area contributed by atoms with E-state index in [9.17, 15) is 0 Å². The van der Waals surface area contributed by atoms with Crippen LogP contribution in [0.1, 0.15) is 50.3 Å². The lowest BCUT2D eigenvalue weighted by atomic mass is 9.97. The molecule has 0 aromatic carbocycles. The van der Waals surface area contributed by atoms with Gasteiger partial charge < -0.3 is 10.1 Å². The van der Waals surface area contributed by atoms with Gasteiger partial charge in [-0.2, -0.15) is 5.10 Å². The average Bonchev–Trinajstić information content (AvgIpc) is 3.08. The van der Waals surface area contributed by atoms with Gasteiger partial charge in [0.15, 0.2) is 0 Å². The SMILES string of the molecule is CNC(CCC1CCCC1)c1c(Br)cnn1CCOC. The van der Waals surface area contributed by atoms with Crippen LogP contribution >= 0.6 is 15.9 Å². The quantitative estimate of drug-likeness (QED) is 0.784. The lowest BCUT2D eigenvalue weighted by Crippen LogP contribution is -2.22. The van der Waals surface area contributed by atoms with E-state index in [2.05, 4.69) is 31.0 Å². The van der Waals surface area contributed by atoms with E-state index in [0.29, 0.717) is 12.6 Å². The zero-order valence-corrected chi connectivity index (χ0v) is 14.2. The van der Waals surface area contributed by atoms with Crippen LogP contribution in [0.25, 0.3) is 0 Å². The van der Waals surface area contributed by atoms with E-state index < -0.39 is 0 Å². The Kier molecular flexibility index (Phi) is 6.52. The maximum absolute atomic E-state index is 5.17. The molecule has 1 heterocycles. The molecule has 1 atom stereocenters. The molecule has 1 unspecified atom stereocenters. The summed E-state index contributed by atoms with van der Waals surface area (Å²) in [6.07, 6.45) is 10.1. The maximum Gasteiger partial charge on any atom is 0.0696 e. The first kappa shape index (κ1) is 16.0. The molecule has 114 valence electrons. The molecule has 0 amide bonds. The van der Waals surface area contributed by atoms with Gasteiger partial charge in [0.2, 0.25) is 0 Å². The molecule has 1 aliphatic rings. The Balaban J connectivity index is 1.99. The fourth-order valence-corrected chi connectivity index (χ4v) is 3.77. The summed E-state index contributed by atoms with van der Waals surface area (Å²) in [6.45, 7) is 1.50. The number of halogens is 1. The third kappa shape index (κ3) is 4.06. The average molecular weight is 344 g/mol. The van der Waals surface area contributed by atoms with Crippen LogP contribution in [0.3, 0.4) is 0 Å². The minimum Gasteiger partial charge on any atom is -0.383 e. The van der Waals surface area contributed by atoms with E-state index in [1.54, 1.807) is 7.11 Å². The maximum atomic E-state index is 5.17. The van der Waals surface area contributed by atoms with E-state index in [1.807, 2.05) is 13.2 Å². The summed E-state index contributed by atoms with van der Waals surface area (Å²) >= 11 is 3.64. The number of hydrogen-bond donors (Lipinski definition) is 1. The molecular formula is C15H26BrN3O. The van der Waals surface area contributed by atoms with Crippen LogP contribution in [0.2, 0.25) is 0 Å². The first-order valence-corrected chi connectivity index (χ1v) is 8.43. The summed E-state index contributed by atoms with van der Waals surface area (Å²) in [5.74, 6) is 0.931. The molecule has 0 spiro atoms. The van der Waals surface area contributed by atoms with E-state index in [-0.39, 0.29) is 0 Å². The summed E-state index contributed by atoms with van der Waals surface area (Å²) < 4.78 is 8.32. The van der Waals surface area contributed by atoms with Crippen molar-refractivity contribution in [1.82, 2.24) is 15.1 Å². The summed E-state index contributed by atoms with van der Waals surface area (Å²) in [5.41, 5.74) is 1.25. The molecule has 5 heteroatoms. The number of methoxy groups -OCH3 is 1. The highest BCUT2D eigenvalue weighted by atomic mass is 79.9. The minimum atomic E-state index is 0.365. The van der Waals surface area contributed by atoms with Crippen LogP contribution in [0.5, 0.6) is 0 Å². The first-order chi connectivity index (χ1) is 9.76. The molecule has 0 saturated heterocycles. The van der Waals surface area contributed by atoms with Gasteiger partial charge in [-0.25, -0.2) is 0 Å². The van der Waals surface area contributed by atoms with Crippen molar-refractivity contribution in [2.75, 3.05) is 20.8 Å². The molecule has 1 fully saturated rings. The fourth-order valence-electron chi connectivity index (χ4n) is 3.19. The van der Waals surface area contributed by atoms with E-state index >= 15 is 0 Å². The number of ether oxygens (including phenoxy) is 1. The number of hydrogen-bond acceptors (Lipinski definition) is 3. The van der Waals surface area contributed by atoms with Crippen molar-refractivity contribution in [3.63, 3.8) is 0 Å². The second-order valence-corrected chi connectivity index (χ2v) is 6.52. The Labute approximate surface area is 130 Å². The minimum absolute atomic E-state index is 0.365. The molecular weight excluding hydrogens is 318 g/mol. The molecule has 4 nitrogen and oxygen atoms in total. The molecule has 0 radical (unpaired) electrons.